The molecule has 0 bridgehead atoms. The number of carbonyl (C=O) groups excluding carboxylic acids is 1. The molecule has 1 rings (SSSR count). The molecular formula is C11H15N3O4. The molecule has 0 spiro atoms. The maximum atomic E-state index is 12.1. The van der Waals surface area contributed by atoms with E-state index in [0.29, 0.717) is 11.3 Å². The largest absolute Gasteiger partial charge is 0.480 e. The Morgan fingerprint density at radius 3 is 2.50 bits per heavy atom. The summed E-state index contributed by atoms with van der Waals surface area (Å²) in [5.74, 6) is -1.71. The van der Waals surface area contributed by atoms with Crippen LogP contribution >= 0.6 is 0 Å². The van der Waals surface area contributed by atoms with Gasteiger partial charge in [-0.1, -0.05) is 0 Å². The zero-order valence-corrected chi connectivity index (χ0v) is 10.5. The molecule has 1 amide bonds. The van der Waals surface area contributed by atoms with Gasteiger partial charge in [0.05, 0.1) is 5.69 Å². The van der Waals surface area contributed by atoms with Crippen LogP contribution < -0.4 is 5.56 Å². The molecule has 0 unspecified atom stereocenters. The maximum absolute atomic E-state index is 12.1. The quantitative estimate of drug-likeness (QED) is 0.782. The fourth-order valence-electron chi connectivity index (χ4n) is 1.53. The first-order valence-corrected chi connectivity index (χ1v) is 5.45. The number of aryl methyl sites for hydroxylation is 1. The minimum atomic E-state index is -1.12. The van der Waals surface area contributed by atoms with Crippen LogP contribution in [0.1, 0.15) is 28.5 Å². The Balaban J connectivity index is 3.21. The molecule has 0 radical (unpaired) electrons. The lowest BCUT2D eigenvalue weighted by molar-refractivity contribution is -0.137. The van der Waals surface area contributed by atoms with Gasteiger partial charge in [-0.05, 0) is 26.3 Å². The topological polar surface area (TPSA) is 103 Å². The SMILES string of the molecule is CCN(CC(=O)O)C(=O)c1c(C)c(C)n[nH]c1=O. The molecule has 7 nitrogen and oxygen atoms in total. The lowest BCUT2D eigenvalue weighted by Gasteiger charge is -2.19. The number of likely N-dealkylation sites (N-methyl/N-ethyl adjacent to an activating group) is 1. The van der Waals surface area contributed by atoms with Gasteiger partial charge in [0.1, 0.15) is 12.1 Å². The van der Waals surface area contributed by atoms with Crippen molar-refractivity contribution in [1.82, 2.24) is 15.1 Å². The number of aromatic nitrogens is 2. The van der Waals surface area contributed by atoms with E-state index in [4.69, 9.17) is 5.11 Å². The monoisotopic (exact) mass is 253 g/mol. The summed E-state index contributed by atoms with van der Waals surface area (Å²) in [6.45, 7) is 4.70. The minimum absolute atomic E-state index is 0.0504. The van der Waals surface area contributed by atoms with E-state index in [-0.39, 0.29) is 12.1 Å². The van der Waals surface area contributed by atoms with Gasteiger partial charge in [-0.2, -0.15) is 5.10 Å². The fourth-order valence-corrected chi connectivity index (χ4v) is 1.53. The summed E-state index contributed by atoms with van der Waals surface area (Å²) in [4.78, 5) is 35.5. The number of carboxylic acid groups (broad SMARTS) is 1. The average Bonchev–Trinajstić information content (AvgIpc) is 2.31. The maximum Gasteiger partial charge on any atom is 0.323 e. The Morgan fingerprint density at radius 2 is 2.00 bits per heavy atom. The Hall–Kier alpha value is -2.18. The molecule has 0 aliphatic rings. The van der Waals surface area contributed by atoms with Crippen molar-refractivity contribution in [2.75, 3.05) is 13.1 Å². The molecule has 18 heavy (non-hydrogen) atoms. The molecule has 0 atom stereocenters. The van der Waals surface area contributed by atoms with Crippen molar-refractivity contribution in [3.05, 3.63) is 27.2 Å². The Morgan fingerprint density at radius 1 is 1.39 bits per heavy atom. The number of hydrogen-bond acceptors (Lipinski definition) is 4. The minimum Gasteiger partial charge on any atom is -0.480 e. The second-order valence-electron chi connectivity index (χ2n) is 3.85. The van der Waals surface area contributed by atoms with E-state index < -0.39 is 24.0 Å². The van der Waals surface area contributed by atoms with Crippen molar-refractivity contribution in [3.8, 4) is 0 Å². The second-order valence-corrected chi connectivity index (χ2v) is 3.85. The van der Waals surface area contributed by atoms with E-state index in [1.54, 1.807) is 20.8 Å². The van der Waals surface area contributed by atoms with Crippen molar-refractivity contribution in [1.29, 1.82) is 0 Å². The van der Waals surface area contributed by atoms with Crippen LogP contribution in [0.2, 0.25) is 0 Å². The number of rotatable bonds is 4. The van der Waals surface area contributed by atoms with Crippen LogP contribution in [0.25, 0.3) is 0 Å². The molecule has 0 aliphatic heterocycles. The summed E-state index contributed by atoms with van der Waals surface area (Å²) in [7, 11) is 0. The van der Waals surface area contributed by atoms with Crippen molar-refractivity contribution >= 4 is 11.9 Å². The molecule has 98 valence electrons. The predicted molar refractivity (Wildman–Crippen MR) is 63.5 cm³/mol. The van der Waals surface area contributed by atoms with E-state index in [1.165, 1.54) is 0 Å². The van der Waals surface area contributed by atoms with Crippen molar-refractivity contribution < 1.29 is 14.7 Å². The number of carboxylic acids is 1. The average molecular weight is 253 g/mol. The van der Waals surface area contributed by atoms with Crippen molar-refractivity contribution in [2.24, 2.45) is 0 Å². The summed E-state index contributed by atoms with van der Waals surface area (Å²) in [5.41, 5.74) is 0.342. The predicted octanol–water partition coefficient (Wildman–Crippen LogP) is -0.0666. The number of H-pyrrole nitrogens is 1. The molecule has 1 aromatic heterocycles. The van der Waals surface area contributed by atoms with Crippen LogP contribution in [0.5, 0.6) is 0 Å². The molecule has 0 aromatic carbocycles. The van der Waals surface area contributed by atoms with Gasteiger partial charge in [0.15, 0.2) is 0 Å². The highest BCUT2D eigenvalue weighted by Crippen LogP contribution is 2.08. The van der Waals surface area contributed by atoms with Gasteiger partial charge in [-0.15, -0.1) is 0 Å². The number of aromatic amines is 1. The van der Waals surface area contributed by atoms with E-state index in [2.05, 4.69) is 10.2 Å². The van der Waals surface area contributed by atoms with Crippen molar-refractivity contribution in [3.63, 3.8) is 0 Å². The Bertz CT molecular complexity index is 536. The van der Waals surface area contributed by atoms with E-state index in [0.717, 1.165) is 4.90 Å². The van der Waals surface area contributed by atoms with Crippen LogP contribution in [-0.2, 0) is 4.79 Å². The number of aliphatic carboxylic acids is 1. The summed E-state index contributed by atoms with van der Waals surface area (Å²) >= 11 is 0. The van der Waals surface area contributed by atoms with Crippen LogP contribution in [0, 0.1) is 13.8 Å². The summed E-state index contributed by atoms with van der Waals surface area (Å²) in [6, 6.07) is 0. The van der Waals surface area contributed by atoms with Crippen LogP contribution in [0.3, 0.4) is 0 Å². The van der Waals surface area contributed by atoms with Gasteiger partial charge in [0, 0.05) is 6.54 Å². The van der Waals surface area contributed by atoms with Gasteiger partial charge in [0.2, 0.25) is 0 Å². The fraction of sp³-hybridized carbons (Fsp3) is 0.455. The molecule has 0 saturated carbocycles. The van der Waals surface area contributed by atoms with Crippen molar-refractivity contribution in [2.45, 2.75) is 20.8 Å². The summed E-state index contributed by atoms with van der Waals surface area (Å²) in [5, 5.41) is 14.7. The molecule has 7 heteroatoms. The third kappa shape index (κ3) is 2.73. The first-order valence-electron chi connectivity index (χ1n) is 5.45. The van der Waals surface area contributed by atoms with Gasteiger partial charge in [-0.3, -0.25) is 14.4 Å². The number of carbonyl (C=O) groups is 2. The second kappa shape index (κ2) is 5.44. The van der Waals surface area contributed by atoms with Gasteiger partial charge < -0.3 is 10.0 Å². The number of nitrogens with one attached hydrogen (secondary N) is 1. The van der Waals surface area contributed by atoms with Gasteiger partial charge in [0.25, 0.3) is 11.5 Å². The first-order chi connectivity index (χ1) is 8.38. The molecule has 0 aliphatic carbocycles. The third-order valence-corrected chi connectivity index (χ3v) is 2.68. The van der Waals surface area contributed by atoms with Crippen LogP contribution in [-0.4, -0.2) is 45.2 Å². The molecule has 2 N–H and O–H groups in total. The normalized spacial score (nSPS) is 10.2. The molecular weight excluding hydrogens is 238 g/mol. The zero-order valence-electron chi connectivity index (χ0n) is 10.5. The summed E-state index contributed by atoms with van der Waals surface area (Å²) < 4.78 is 0. The molecule has 0 fully saturated rings. The van der Waals surface area contributed by atoms with Crippen LogP contribution in [0.15, 0.2) is 4.79 Å². The van der Waals surface area contributed by atoms with E-state index in [1.807, 2.05) is 0 Å². The van der Waals surface area contributed by atoms with Gasteiger partial charge in [-0.25, -0.2) is 5.10 Å². The molecule has 0 saturated heterocycles. The Kier molecular flexibility index (Phi) is 4.19. The molecule has 1 heterocycles. The lowest BCUT2D eigenvalue weighted by Crippen LogP contribution is -2.39. The Labute approximate surface area is 103 Å². The highest BCUT2D eigenvalue weighted by molar-refractivity contribution is 5.96. The standard InChI is InChI=1S/C11H15N3O4/c1-4-14(5-8(15)16)11(18)9-6(2)7(3)12-13-10(9)17/h4-5H2,1-3H3,(H,13,17)(H,15,16). The number of amides is 1. The third-order valence-electron chi connectivity index (χ3n) is 2.68. The first kappa shape index (κ1) is 13.9. The smallest absolute Gasteiger partial charge is 0.323 e. The van der Waals surface area contributed by atoms with E-state index in [9.17, 15) is 14.4 Å². The van der Waals surface area contributed by atoms with Gasteiger partial charge >= 0.3 is 5.97 Å². The molecule has 1 aromatic rings. The highest BCUT2D eigenvalue weighted by atomic mass is 16.4. The lowest BCUT2D eigenvalue weighted by atomic mass is 10.1. The van der Waals surface area contributed by atoms with Crippen LogP contribution in [0.4, 0.5) is 0 Å². The zero-order chi connectivity index (χ0) is 13.9. The number of hydrogen-bond donors (Lipinski definition) is 2. The summed E-state index contributed by atoms with van der Waals surface area (Å²) in [6.07, 6.45) is 0. The number of nitrogens with zero attached hydrogens (tertiary/aromatic N) is 2. The van der Waals surface area contributed by atoms with E-state index >= 15 is 0 Å². The highest BCUT2D eigenvalue weighted by Gasteiger charge is 2.22.